The highest BCUT2D eigenvalue weighted by atomic mass is 15.3. The maximum Gasteiger partial charge on any atom is 0.0666 e. The molecule has 0 fully saturated rings. The molecule has 2 aromatic carbocycles. The van der Waals surface area contributed by atoms with Crippen LogP contribution in [0, 0.1) is 0 Å². The average Bonchev–Trinajstić information content (AvgIpc) is 2.30. The molecule has 0 bridgehead atoms. The van der Waals surface area contributed by atoms with Crippen molar-refractivity contribution in [2.24, 2.45) is 0 Å². The van der Waals surface area contributed by atoms with Crippen molar-refractivity contribution in [2.45, 2.75) is 19.4 Å². The van der Waals surface area contributed by atoms with Crippen LogP contribution in [0.3, 0.4) is 0 Å². The van der Waals surface area contributed by atoms with Crippen LogP contribution in [0.5, 0.6) is 0 Å². The molecule has 1 heterocycles. The van der Waals surface area contributed by atoms with E-state index < -0.39 is 0 Å². The Bertz CT molecular complexity index is 514. The third kappa shape index (κ3) is 1.12. The molecule has 0 saturated carbocycles. The van der Waals surface area contributed by atoms with Gasteiger partial charge in [0.2, 0.25) is 0 Å². The summed E-state index contributed by atoms with van der Waals surface area (Å²) in [6, 6.07) is 19.2. The van der Waals surface area contributed by atoms with Gasteiger partial charge in [-0.05, 0) is 32.0 Å². The van der Waals surface area contributed by atoms with E-state index in [9.17, 15) is 0 Å². The van der Waals surface area contributed by atoms with Crippen molar-refractivity contribution in [1.82, 2.24) is 0 Å². The van der Waals surface area contributed by atoms with Gasteiger partial charge in [0, 0.05) is 16.9 Å². The zero-order chi connectivity index (χ0) is 11.2. The van der Waals surface area contributed by atoms with Crippen molar-refractivity contribution in [1.29, 1.82) is 0 Å². The van der Waals surface area contributed by atoms with Crippen LogP contribution >= 0.6 is 0 Å². The standard InChI is InChI=1S/C15H15N/c1-15(2)13-10-6-7-11-14(13)16(15)12-8-4-3-5-9-12/h3-11H,1-2H3. The van der Waals surface area contributed by atoms with E-state index in [2.05, 4.69) is 73.3 Å². The van der Waals surface area contributed by atoms with Gasteiger partial charge in [0.25, 0.3) is 0 Å². The van der Waals surface area contributed by atoms with Crippen LogP contribution in [0.1, 0.15) is 19.4 Å². The SMILES string of the molecule is CC1(C)c2ccccc2N1c1ccccc1. The number of hydrogen-bond donors (Lipinski definition) is 0. The van der Waals surface area contributed by atoms with Crippen molar-refractivity contribution >= 4 is 11.4 Å². The number of nitrogens with zero attached hydrogens (tertiary/aromatic N) is 1. The van der Waals surface area contributed by atoms with Gasteiger partial charge in [0.15, 0.2) is 0 Å². The molecular formula is C15H15N. The van der Waals surface area contributed by atoms with E-state index >= 15 is 0 Å². The van der Waals surface area contributed by atoms with Crippen molar-refractivity contribution in [3.8, 4) is 0 Å². The summed E-state index contributed by atoms with van der Waals surface area (Å²) in [6.45, 7) is 4.53. The lowest BCUT2D eigenvalue weighted by Gasteiger charge is -2.51. The summed E-state index contributed by atoms with van der Waals surface area (Å²) >= 11 is 0. The topological polar surface area (TPSA) is 3.24 Å². The molecule has 1 aliphatic rings. The second-order valence-electron chi connectivity index (χ2n) is 4.75. The Morgan fingerprint density at radius 3 is 2.19 bits per heavy atom. The van der Waals surface area contributed by atoms with E-state index in [0.717, 1.165) is 0 Å². The van der Waals surface area contributed by atoms with Crippen molar-refractivity contribution in [2.75, 3.05) is 4.90 Å². The minimum atomic E-state index is 0.109. The zero-order valence-corrected chi connectivity index (χ0v) is 9.64. The predicted molar refractivity (Wildman–Crippen MR) is 68.0 cm³/mol. The lowest BCUT2D eigenvalue weighted by atomic mass is 9.81. The van der Waals surface area contributed by atoms with E-state index in [1.807, 2.05) is 0 Å². The maximum atomic E-state index is 2.39. The Labute approximate surface area is 96.3 Å². The van der Waals surface area contributed by atoms with Gasteiger partial charge in [-0.3, -0.25) is 0 Å². The van der Waals surface area contributed by atoms with Crippen LogP contribution in [-0.4, -0.2) is 0 Å². The normalized spacial score (nSPS) is 16.5. The molecule has 0 saturated heterocycles. The molecule has 1 nitrogen and oxygen atoms in total. The molecule has 80 valence electrons. The van der Waals surface area contributed by atoms with Crippen molar-refractivity contribution < 1.29 is 0 Å². The molecule has 0 aliphatic carbocycles. The van der Waals surface area contributed by atoms with Crippen LogP contribution in [0.25, 0.3) is 0 Å². The Hall–Kier alpha value is -1.76. The van der Waals surface area contributed by atoms with Gasteiger partial charge in [-0.25, -0.2) is 0 Å². The Morgan fingerprint density at radius 1 is 0.812 bits per heavy atom. The van der Waals surface area contributed by atoms with E-state index in [4.69, 9.17) is 0 Å². The fraction of sp³-hybridized carbons (Fsp3) is 0.200. The van der Waals surface area contributed by atoms with Gasteiger partial charge < -0.3 is 4.90 Å². The van der Waals surface area contributed by atoms with Crippen LogP contribution in [-0.2, 0) is 5.54 Å². The quantitative estimate of drug-likeness (QED) is 0.684. The summed E-state index contributed by atoms with van der Waals surface area (Å²) in [5.41, 5.74) is 4.14. The molecule has 0 radical (unpaired) electrons. The monoisotopic (exact) mass is 209 g/mol. The second kappa shape index (κ2) is 3.11. The van der Waals surface area contributed by atoms with Crippen LogP contribution in [0.4, 0.5) is 11.4 Å². The lowest BCUT2D eigenvalue weighted by Crippen LogP contribution is -2.47. The first-order valence-electron chi connectivity index (χ1n) is 5.66. The number of hydrogen-bond acceptors (Lipinski definition) is 1. The van der Waals surface area contributed by atoms with Crippen LogP contribution < -0.4 is 4.90 Å². The minimum absolute atomic E-state index is 0.109. The number of rotatable bonds is 1. The van der Waals surface area contributed by atoms with Gasteiger partial charge in [0.1, 0.15) is 0 Å². The second-order valence-corrected chi connectivity index (χ2v) is 4.75. The van der Waals surface area contributed by atoms with E-state index in [1.165, 1.54) is 16.9 Å². The Kier molecular flexibility index (Phi) is 1.84. The molecule has 0 amide bonds. The highest BCUT2D eigenvalue weighted by Crippen LogP contribution is 2.51. The smallest absolute Gasteiger partial charge is 0.0666 e. The molecule has 0 unspecified atom stereocenters. The first kappa shape index (κ1) is 9.46. The molecule has 1 heteroatoms. The summed E-state index contributed by atoms with van der Waals surface area (Å²) in [6.07, 6.45) is 0. The molecule has 0 N–H and O–H groups in total. The Balaban J connectivity index is 2.13. The largest absolute Gasteiger partial charge is 0.331 e. The lowest BCUT2D eigenvalue weighted by molar-refractivity contribution is 0.485. The number of para-hydroxylation sites is 2. The van der Waals surface area contributed by atoms with Gasteiger partial charge in [-0.15, -0.1) is 0 Å². The summed E-state index contributed by atoms with van der Waals surface area (Å²) in [4.78, 5) is 2.39. The fourth-order valence-corrected chi connectivity index (χ4v) is 2.59. The molecule has 0 atom stereocenters. The molecular weight excluding hydrogens is 194 g/mol. The molecule has 0 spiro atoms. The first-order valence-corrected chi connectivity index (χ1v) is 5.66. The summed E-state index contributed by atoms with van der Waals surface area (Å²) in [7, 11) is 0. The van der Waals surface area contributed by atoms with E-state index in [1.54, 1.807) is 0 Å². The number of anilines is 2. The zero-order valence-electron chi connectivity index (χ0n) is 9.64. The van der Waals surface area contributed by atoms with Gasteiger partial charge in [-0.2, -0.15) is 0 Å². The fourth-order valence-electron chi connectivity index (χ4n) is 2.59. The summed E-state index contributed by atoms with van der Waals surface area (Å²) < 4.78 is 0. The molecule has 1 aliphatic heterocycles. The van der Waals surface area contributed by atoms with Gasteiger partial charge >= 0.3 is 0 Å². The predicted octanol–water partition coefficient (Wildman–Crippen LogP) is 4.07. The molecule has 16 heavy (non-hydrogen) atoms. The van der Waals surface area contributed by atoms with Crippen LogP contribution in [0.2, 0.25) is 0 Å². The Morgan fingerprint density at radius 2 is 1.44 bits per heavy atom. The average molecular weight is 209 g/mol. The van der Waals surface area contributed by atoms with Crippen LogP contribution in [0.15, 0.2) is 54.6 Å². The minimum Gasteiger partial charge on any atom is -0.331 e. The number of fused-ring (bicyclic) bond motifs is 1. The summed E-state index contributed by atoms with van der Waals surface area (Å²) in [5, 5.41) is 0. The molecule has 3 rings (SSSR count). The number of benzene rings is 2. The van der Waals surface area contributed by atoms with E-state index in [0.29, 0.717) is 0 Å². The summed E-state index contributed by atoms with van der Waals surface area (Å²) in [5.74, 6) is 0. The van der Waals surface area contributed by atoms with Crippen molar-refractivity contribution in [3.63, 3.8) is 0 Å². The van der Waals surface area contributed by atoms with E-state index in [-0.39, 0.29) is 5.54 Å². The van der Waals surface area contributed by atoms with Crippen molar-refractivity contribution in [3.05, 3.63) is 60.2 Å². The molecule has 2 aromatic rings. The first-order chi connectivity index (χ1) is 7.71. The third-order valence-electron chi connectivity index (χ3n) is 3.38. The highest BCUT2D eigenvalue weighted by Gasteiger charge is 2.42. The third-order valence-corrected chi connectivity index (χ3v) is 3.38. The highest BCUT2D eigenvalue weighted by molar-refractivity contribution is 5.78. The maximum absolute atomic E-state index is 2.39. The van der Waals surface area contributed by atoms with Gasteiger partial charge in [-0.1, -0.05) is 36.4 Å². The molecule has 0 aromatic heterocycles. The van der Waals surface area contributed by atoms with Gasteiger partial charge in [0.05, 0.1) is 5.54 Å².